The molecule has 0 saturated carbocycles. The van der Waals surface area contributed by atoms with Crippen LogP contribution in [0.2, 0.25) is 0 Å². The lowest BCUT2D eigenvalue weighted by molar-refractivity contribution is 0.188. The highest BCUT2D eigenvalue weighted by Gasteiger charge is 2.26. The van der Waals surface area contributed by atoms with Crippen molar-refractivity contribution in [2.75, 3.05) is 25.5 Å². The third-order valence-electron chi connectivity index (χ3n) is 4.36. The lowest BCUT2D eigenvalue weighted by Gasteiger charge is -2.26. The van der Waals surface area contributed by atoms with E-state index in [0.717, 1.165) is 18.4 Å². The SMILES string of the molecule is CCc1ccc(C(C)(C)CNS(=O)(=O)C[C@@H]2CCOC2)cc1. The molecule has 0 spiro atoms. The quantitative estimate of drug-likeness (QED) is 0.838. The van der Waals surface area contributed by atoms with Gasteiger partial charge in [0.25, 0.3) is 0 Å². The summed E-state index contributed by atoms with van der Waals surface area (Å²) < 4.78 is 32.4. The Morgan fingerprint density at radius 1 is 1.27 bits per heavy atom. The van der Waals surface area contributed by atoms with E-state index in [-0.39, 0.29) is 17.1 Å². The minimum Gasteiger partial charge on any atom is -0.381 e. The summed E-state index contributed by atoms with van der Waals surface area (Å²) in [7, 11) is -3.25. The molecule has 0 bridgehead atoms. The van der Waals surface area contributed by atoms with Crippen LogP contribution in [0.4, 0.5) is 0 Å². The molecule has 22 heavy (non-hydrogen) atoms. The smallest absolute Gasteiger partial charge is 0.211 e. The van der Waals surface area contributed by atoms with Crippen LogP contribution in [-0.2, 0) is 26.6 Å². The van der Waals surface area contributed by atoms with E-state index in [0.29, 0.717) is 19.8 Å². The van der Waals surface area contributed by atoms with Crippen molar-refractivity contribution >= 4 is 10.0 Å². The second kappa shape index (κ2) is 7.11. The van der Waals surface area contributed by atoms with Crippen LogP contribution < -0.4 is 4.72 Å². The fourth-order valence-electron chi connectivity index (χ4n) is 2.67. The van der Waals surface area contributed by atoms with Crippen LogP contribution >= 0.6 is 0 Å². The van der Waals surface area contributed by atoms with Gasteiger partial charge >= 0.3 is 0 Å². The third kappa shape index (κ3) is 4.80. The Morgan fingerprint density at radius 2 is 1.95 bits per heavy atom. The first-order chi connectivity index (χ1) is 10.3. The van der Waals surface area contributed by atoms with Gasteiger partial charge in [-0.2, -0.15) is 0 Å². The predicted molar refractivity (Wildman–Crippen MR) is 89.6 cm³/mol. The minimum absolute atomic E-state index is 0.129. The Morgan fingerprint density at radius 3 is 2.50 bits per heavy atom. The number of aryl methyl sites for hydroxylation is 1. The molecule has 1 aromatic carbocycles. The maximum Gasteiger partial charge on any atom is 0.211 e. The minimum atomic E-state index is -3.25. The standard InChI is InChI=1S/C17H27NO3S/c1-4-14-5-7-16(8-6-14)17(2,3)13-18-22(19,20)12-15-9-10-21-11-15/h5-8,15,18H,4,9-13H2,1-3H3/t15-/m1/s1. The third-order valence-corrected chi connectivity index (χ3v) is 5.85. The number of ether oxygens (including phenoxy) is 1. The second-order valence-corrected chi connectivity index (χ2v) is 8.62. The molecular weight excluding hydrogens is 298 g/mol. The normalized spacial score (nSPS) is 19.5. The van der Waals surface area contributed by atoms with Gasteiger partial charge in [0.15, 0.2) is 0 Å². The van der Waals surface area contributed by atoms with Gasteiger partial charge in [-0.05, 0) is 29.9 Å². The number of hydrogen-bond donors (Lipinski definition) is 1. The van der Waals surface area contributed by atoms with Crippen LogP contribution in [-0.4, -0.2) is 33.9 Å². The predicted octanol–water partition coefficient (Wildman–Crippen LogP) is 2.48. The summed E-state index contributed by atoms with van der Waals surface area (Å²) in [4.78, 5) is 0. The molecule has 124 valence electrons. The van der Waals surface area contributed by atoms with Gasteiger partial charge < -0.3 is 4.74 Å². The van der Waals surface area contributed by atoms with Gasteiger partial charge in [0, 0.05) is 18.6 Å². The van der Waals surface area contributed by atoms with Crippen LogP contribution in [0.3, 0.4) is 0 Å². The van der Waals surface area contributed by atoms with Crippen molar-refractivity contribution in [2.45, 2.75) is 39.0 Å². The molecule has 0 aromatic heterocycles. The molecule has 1 fully saturated rings. The number of nitrogens with one attached hydrogen (secondary N) is 1. The maximum absolute atomic E-state index is 12.2. The van der Waals surface area contributed by atoms with E-state index in [9.17, 15) is 8.42 Å². The van der Waals surface area contributed by atoms with Gasteiger partial charge in [-0.1, -0.05) is 45.0 Å². The molecule has 1 aliphatic rings. The highest BCUT2D eigenvalue weighted by molar-refractivity contribution is 7.89. The zero-order valence-corrected chi connectivity index (χ0v) is 14.6. The van der Waals surface area contributed by atoms with E-state index in [1.165, 1.54) is 5.56 Å². The largest absolute Gasteiger partial charge is 0.381 e. The van der Waals surface area contributed by atoms with Gasteiger partial charge in [-0.25, -0.2) is 13.1 Å². The van der Waals surface area contributed by atoms with Gasteiger partial charge in [0.2, 0.25) is 10.0 Å². The summed E-state index contributed by atoms with van der Waals surface area (Å²) in [6.07, 6.45) is 1.85. The molecule has 1 saturated heterocycles. The molecule has 1 aromatic rings. The van der Waals surface area contributed by atoms with Crippen LogP contribution in [0.1, 0.15) is 38.3 Å². The van der Waals surface area contributed by atoms with E-state index >= 15 is 0 Å². The fourth-order valence-corrected chi connectivity index (χ4v) is 4.25. The summed E-state index contributed by atoms with van der Waals surface area (Å²) in [6, 6.07) is 8.42. The summed E-state index contributed by atoms with van der Waals surface area (Å²) in [6.45, 7) is 7.90. The molecule has 1 aliphatic heterocycles. The van der Waals surface area contributed by atoms with Crippen LogP contribution in [0.15, 0.2) is 24.3 Å². The fraction of sp³-hybridized carbons (Fsp3) is 0.647. The molecule has 0 radical (unpaired) electrons. The van der Waals surface area contributed by atoms with Crippen molar-refractivity contribution in [3.05, 3.63) is 35.4 Å². The van der Waals surface area contributed by atoms with Crippen molar-refractivity contribution in [2.24, 2.45) is 5.92 Å². The number of hydrogen-bond acceptors (Lipinski definition) is 3. The van der Waals surface area contributed by atoms with Crippen molar-refractivity contribution in [3.8, 4) is 0 Å². The van der Waals surface area contributed by atoms with Crippen LogP contribution in [0.5, 0.6) is 0 Å². The molecule has 5 heteroatoms. The first kappa shape index (κ1) is 17.4. The Labute approximate surface area is 134 Å². The molecular formula is C17H27NO3S. The van der Waals surface area contributed by atoms with E-state index in [2.05, 4.69) is 49.8 Å². The zero-order chi connectivity index (χ0) is 16.2. The first-order valence-corrected chi connectivity index (χ1v) is 9.62. The Kier molecular flexibility index (Phi) is 5.64. The van der Waals surface area contributed by atoms with Gasteiger partial charge in [-0.15, -0.1) is 0 Å². The van der Waals surface area contributed by atoms with E-state index in [1.54, 1.807) is 0 Å². The molecule has 2 rings (SSSR count). The number of benzene rings is 1. The van der Waals surface area contributed by atoms with Crippen molar-refractivity contribution < 1.29 is 13.2 Å². The summed E-state index contributed by atoms with van der Waals surface area (Å²) in [5.74, 6) is 0.294. The van der Waals surface area contributed by atoms with E-state index in [4.69, 9.17) is 4.74 Å². The molecule has 4 nitrogen and oxygen atoms in total. The first-order valence-electron chi connectivity index (χ1n) is 7.97. The Hall–Kier alpha value is -0.910. The second-order valence-electron chi connectivity index (χ2n) is 6.77. The molecule has 1 heterocycles. The highest BCUT2D eigenvalue weighted by Crippen LogP contribution is 2.23. The molecule has 0 amide bonds. The van der Waals surface area contributed by atoms with Gasteiger partial charge in [-0.3, -0.25) is 0 Å². The molecule has 1 N–H and O–H groups in total. The number of sulfonamides is 1. The Balaban J connectivity index is 1.95. The average Bonchev–Trinajstić information content (AvgIpc) is 2.98. The molecule has 0 aliphatic carbocycles. The van der Waals surface area contributed by atoms with Gasteiger partial charge in [0.05, 0.1) is 12.4 Å². The van der Waals surface area contributed by atoms with Crippen molar-refractivity contribution in [1.29, 1.82) is 0 Å². The monoisotopic (exact) mass is 325 g/mol. The van der Waals surface area contributed by atoms with Crippen molar-refractivity contribution in [3.63, 3.8) is 0 Å². The summed E-state index contributed by atoms with van der Waals surface area (Å²) in [5, 5.41) is 0. The summed E-state index contributed by atoms with van der Waals surface area (Å²) >= 11 is 0. The summed E-state index contributed by atoms with van der Waals surface area (Å²) in [5.41, 5.74) is 2.21. The topological polar surface area (TPSA) is 55.4 Å². The van der Waals surface area contributed by atoms with Gasteiger partial charge in [0.1, 0.15) is 0 Å². The average molecular weight is 325 g/mol. The Bertz CT molecular complexity index is 572. The molecule has 1 atom stereocenters. The lowest BCUT2D eigenvalue weighted by atomic mass is 9.84. The van der Waals surface area contributed by atoms with Crippen LogP contribution in [0, 0.1) is 5.92 Å². The number of rotatable bonds is 7. The molecule has 0 unspecified atom stereocenters. The van der Waals surface area contributed by atoms with Crippen LogP contribution in [0.25, 0.3) is 0 Å². The maximum atomic E-state index is 12.2. The van der Waals surface area contributed by atoms with Crippen molar-refractivity contribution in [1.82, 2.24) is 4.72 Å². The van der Waals surface area contributed by atoms with E-state index in [1.807, 2.05) is 0 Å². The highest BCUT2D eigenvalue weighted by atomic mass is 32.2. The lowest BCUT2D eigenvalue weighted by Crippen LogP contribution is -2.39. The zero-order valence-electron chi connectivity index (χ0n) is 13.8. The van der Waals surface area contributed by atoms with E-state index < -0.39 is 10.0 Å².